The lowest BCUT2D eigenvalue weighted by atomic mass is 10.2. The van der Waals surface area contributed by atoms with E-state index in [0.717, 1.165) is 10.5 Å². The number of hydrogen-bond acceptors (Lipinski definition) is 5. The Morgan fingerprint density at radius 3 is 2.46 bits per heavy atom. The number of hydrogen-bond donors (Lipinski definition) is 0. The van der Waals surface area contributed by atoms with Gasteiger partial charge in [0.15, 0.2) is 0 Å². The monoisotopic (exact) mass is 360 g/mol. The van der Waals surface area contributed by atoms with Gasteiger partial charge in [-0.2, -0.15) is 0 Å². The molecule has 0 radical (unpaired) electrons. The fourth-order valence-corrected chi connectivity index (χ4v) is 3.34. The molecule has 2 bridgehead atoms. The quantitative estimate of drug-likeness (QED) is 0.810. The number of imide groups is 1. The topological polar surface area (TPSA) is 76.2 Å². The molecule has 0 N–H and O–H groups in total. The highest BCUT2D eigenvalue weighted by atomic mass is 16.6. The first kappa shape index (κ1) is 18.2. The van der Waals surface area contributed by atoms with Gasteiger partial charge in [0.1, 0.15) is 18.2 Å². The van der Waals surface area contributed by atoms with E-state index < -0.39 is 29.7 Å². The molecule has 2 aliphatic rings. The van der Waals surface area contributed by atoms with Gasteiger partial charge in [0.05, 0.1) is 12.6 Å². The molecular weight excluding hydrogens is 336 g/mol. The Labute approximate surface area is 152 Å². The van der Waals surface area contributed by atoms with Gasteiger partial charge in [0, 0.05) is 0 Å². The Bertz CT molecular complexity index is 698. The highest BCUT2D eigenvalue weighted by Gasteiger charge is 2.51. The second kappa shape index (κ2) is 6.97. The molecule has 2 unspecified atom stereocenters. The van der Waals surface area contributed by atoms with E-state index >= 15 is 0 Å². The highest BCUT2D eigenvalue weighted by molar-refractivity contribution is 5.98. The van der Waals surface area contributed by atoms with Gasteiger partial charge < -0.3 is 9.47 Å². The molecule has 7 heteroatoms. The average molecular weight is 360 g/mol. The molecule has 140 valence electrons. The molecule has 1 aromatic carbocycles. The second-order valence-corrected chi connectivity index (χ2v) is 7.62. The Hall–Kier alpha value is -2.57. The van der Waals surface area contributed by atoms with E-state index in [4.69, 9.17) is 9.47 Å². The summed E-state index contributed by atoms with van der Waals surface area (Å²) in [4.78, 5) is 40.1. The summed E-state index contributed by atoms with van der Waals surface area (Å²) in [6, 6.07) is 8.40. The molecule has 2 atom stereocenters. The number of piperazine rings is 1. The molecule has 2 saturated heterocycles. The molecule has 2 fully saturated rings. The lowest BCUT2D eigenvalue weighted by Gasteiger charge is -2.39. The molecule has 7 nitrogen and oxygen atoms in total. The predicted octanol–water partition coefficient (Wildman–Crippen LogP) is 2.93. The van der Waals surface area contributed by atoms with Crippen molar-refractivity contribution < 1.29 is 23.9 Å². The molecule has 0 aliphatic carbocycles. The van der Waals surface area contributed by atoms with E-state index in [1.54, 1.807) is 20.8 Å². The molecule has 0 spiro atoms. The van der Waals surface area contributed by atoms with Crippen LogP contribution in [0.15, 0.2) is 30.3 Å². The van der Waals surface area contributed by atoms with E-state index in [-0.39, 0.29) is 19.2 Å². The van der Waals surface area contributed by atoms with Crippen LogP contribution in [0.3, 0.4) is 0 Å². The summed E-state index contributed by atoms with van der Waals surface area (Å²) in [6.07, 6.45) is 0.0267. The summed E-state index contributed by atoms with van der Waals surface area (Å²) < 4.78 is 10.7. The minimum Gasteiger partial charge on any atom is -0.444 e. The number of likely N-dealkylation sites (tertiary alicyclic amines) is 1. The Morgan fingerprint density at radius 2 is 1.81 bits per heavy atom. The first-order valence-electron chi connectivity index (χ1n) is 8.79. The van der Waals surface area contributed by atoms with Crippen molar-refractivity contribution in [2.75, 3.05) is 6.54 Å². The van der Waals surface area contributed by atoms with Gasteiger partial charge in [-0.05, 0) is 39.2 Å². The minimum absolute atomic E-state index is 0.106. The lowest BCUT2D eigenvalue weighted by Crippen LogP contribution is -2.61. The number of nitrogens with zero attached hydrogens (tertiary/aromatic N) is 2. The van der Waals surface area contributed by atoms with Crippen LogP contribution in [-0.4, -0.2) is 52.1 Å². The number of amides is 3. The second-order valence-electron chi connectivity index (χ2n) is 7.62. The number of benzene rings is 1. The number of fused-ring (bicyclic) bond motifs is 2. The zero-order valence-electron chi connectivity index (χ0n) is 15.3. The molecule has 26 heavy (non-hydrogen) atoms. The maximum absolute atomic E-state index is 12.7. The van der Waals surface area contributed by atoms with Gasteiger partial charge in [-0.15, -0.1) is 0 Å². The van der Waals surface area contributed by atoms with Crippen molar-refractivity contribution >= 4 is 18.1 Å². The molecule has 0 aromatic heterocycles. The van der Waals surface area contributed by atoms with Crippen LogP contribution in [0, 0.1) is 0 Å². The van der Waals surface area contributed by atoms with E-state index in [1.807, 2.05) is 30.3 Å². The van der Waals surface area contributed by atoms with E-state index in [1.165, 1.54) is 4.90 Å². The van der Waals surface area contributed by atoms with E-state index in [9.17, 15) is 14.4 Å². The predicted molar refractivity (Wildman–Crippen MR) is 93.2 cm³/mol. The van der Waals surface area contributed by atoms with Crippen LogP contribution in [0.2, 0.25) is 0 Å². The van der Waals surface area contributed by atoms with Crippen molar-refractivity contribution in [1.82, 2.24) is 9.80 Å². The molecule has 0 saturated carbocycles. The summed E-state index contributed by atoms with van der Waals surface area (Å²) in [5.41, 5.74) is 0.217. The van der Waals surface area contributed by atoms with Gasteiger partial charge in [-0.3, -0.25) is 9.69 Å². The fraction of sp³-hybridized carbons (Fsp3) is 0.526. The largest absolute Gasteiger partial charge is 0.444 e. The Balaban J connectivity index is 1.64. The zero-order chi connectivity index (χ0) is 18.9. The smallest absolute Gasteiger partial charge is 0.416 e. The molecule has 3 amide bonds. The normalized spacial score (nSPS) is 22.3. The third-order valence-corrected chi connectivity index (χ3v) is 4.48. The van der Waals surface area contributed by atoms with Crippen molar-refractivity contribution in [3.63, 3.8) is 0 Å². The van der Waals surface area contributed by atoms with Crippen LogP contribution in [0.4, 0.5) is 9.59 Å². The average Bonchev–Trinajstić information content (AvgIpc) is 2.93. The van der Waals surface area contributed by atoms with Gasteiger partial charge in [-0.25, -0.2) is 14.5 Å². The number of carbonyl (C=O) groups excluding carboxylic acids is 3. The maximum atomic E-state index is 12.7. The molecule has 3 rings (SSSR count). The minimum atomic E-state index is -0.667. The number of ether oxygens (including phenoxy) is 2. The zero-order valence-corrected chi connectivity index (χ0v) is 15.3. The summed E-state index contributed by atoms with van der Waals surface area (Å²) in [5, 5.41) is 0. The van der Waals surface area contributed by atoms with Gasteiger partial charge in [0.2, 0.25) is 0 Å². The summed E-state index contributed by atoms with van der Waals surface area (Å²) in [5.74, 6) is -0.400. The van der Waals surface area contributed by atoms with Crippen LogP contribution >= 0.6 is 0 Å². The Morgan fingerprint density at radius 1 is 1.12 bits per heavy atom. The summed E-state index contributed by atoms with van der Waals surface area (Å²) in [6.45, 7) is 5.60. The standard InChI is InChI=1S/C19H24N2O5/c1-19(2,3)26-18(24)21-14-9-10-15(21)16(22)20(11-14)17(23)25-12-13-7-5-4-6-8-13/h4-8,14-15H,9-12H2,1-3H3. The summed E-state index contributed by atoms with van der Waals surface area (Å²) >= 11 is 0. The lowest BCUT2D eigenvalue weighted by molar-refractivity contribution is -0.139. The van der Waals surface area contributed by atoms with Crippen molar-refractivity contribution in [2.24, 2.45) is 0 Å². The van der Waals surface area contributed by atoms with Crippen LogP contribution in [0.25, 0.3) is 0 Å². The SMILES string of the molecule is CC(C)(C)OC(=O)N1C2CCC1C(=O)N(C(=O)OCc1ccccc1)C2. The molecule has 2 heterocycles. The van der Waals surface area contributed by atoms with E-state index in [2.05, 4.69) is 0 Å². The van der Waals surface area contributed by atoms with Gasteiger partial charge >= 0.3 is 12.2 Å². The third-order valence-electron chi connectivity index (χ3n) is 4.48. The molecule has 2 aliphatic heterocycles. The van der Waals surface area contributed by atoms with Crippen molar-refractivity contribution in [3.05, 3.63) is 35.9 Å². The number of rotatable bonds is 2. The number of carbonyl (C=O) groups is 3. The van der Waals surface area contributed by atoms with E-state index in [0.29, 0.717) is 12.8 Å². The first-order valence-corrected chi connectivity index (χ1v) is 8.79. The van der Waals surface area contributed by atoms with Crippen LogP contribution in [0.1, 0.15) is 39.2 Å². The van der Waals surface area contributed by atoms with Crippen molar-refractivity contribution in [2.45, 2.75) is 57.9 Å². The van der Waals surface area contributed by atoms with Gasteiger partial charge in [0.25, 0.3) is 5.91 Å². The highest BCUT2D eigenvalue weighted by Crippen LogP contribution is 2.32. The first-order chi connectivity index (χ1) is 12.3. The molecule has 1 aromatic rings. The Kier molecular flexibility index (Phi) is 4.89. The van der Waals surface area contributed by atoms with Crippen molar-refractivity contribution in [3.8, 4) is 0 Å². The molecular formula is C19H24N2O5. The van der Waals surface area contributed by atoms with Crippen LogP contribution in [0.5, 0.6) is 0 Å². The van der Waals surface area contributed by atoms with Crippen LogP contribution in [-0.2, 0) is 20.9 Å². The maximum Gasteiger partial charge on any atom is 0.416 e. The van der Waals surface area contributed by atoms with Crippen molar-refractivity contribution in [1.29, 1.82) is 0 Å². The van der Waals surface area contributed by atoms with Crippen LogP contribution < -0.4 is 0 Å². The third kappa shape index (κ3) is 3.81. The fourth-order valence-electron chi connectivity index (χ4n) is 3.34. The van der Waals surface area contributed by atoms with Gasteiger partial charge in [-0.1, -0.05) is 30.3 Å². The summed E-state index contributed by atoms with van der Waals surface area (Å²) in [7, 11) is 0.